The third-order valence-electron chi connectivity index (χ3n) is 5.67. The fourth-order valence-corrected chi connectivity index (χ4v) is 4.63. The van der Waals surface area contributed by atoms with Crippen LogP contribution >= 0.6 is 11.6 Å². The van der Waals surface area contributed by atoms with Crippen LogP contribution in [0.1, 0.15) is 25.6 Å². The molecule has 0 N–H and O–H groups in total. The first-order valence-electron chi connectivity index (χ1n) is 9.54. The van der Waals surface area contributed by atoms with Gasteiger partial charge < -0.3 is 9.80 Å². The summed E-state index contributed by atoms with van der Waals surface area (Å²) in [5, 5.41) is 5.94. The molecule has 2 aliphatic heterocycles. The van der Waals surface area contributed by atoms with Crippen molar-refractivity contribution in [2.45, 2.75) is 37.8 Å². The summed E-state index contributed by atoms with van der Waals surface area (Å²) in [6.07, 6.45) is 5.23. The summed E-state index contributed by atoms with van der Waals surface area (Å²) >= 11 is 6.14. The standard InChI is InChI=1S/C19H20ClF2N7/c1-19(21,22)18-23-6-5-16(25-18)29-14-7-15(20)24-8-13(14)17(26-29)28-11-3-4-12(28)10-27(2)9-11/h5-8,11-12H,3-4,9-10H2,1-2H3. The van der Waals surface area contributed by atoms with Crippen LogP contribution in [-0.2, 0) is 5.92 Å². The fourth-order valence-electron chi connectivity index (χ4n) is 4.47. The van der Waals surface area contributed by atoms with Gasteiger partial charge >= 0.3 is 5.92 Å². The highest BCUT2D eigenvalue weighted by atomic mass is 35.5. The molecule has 0 spiro atoms. The Bertz CT molecular complexity index is 1070. The molecule has 5 heterocycles. The molecular formula is C19H20ClF2N7. The highest BCUT2D eigenvalue weighted by molar-refractivity contribution is 6.30. The average molecular weight is 420 g/mol. The van der Waals surface area contributed by atoms with Crippen LogP contribution in [0.3, 0.4) is 0 Å². The number of hydrogen-bond donors (Lipinski definition) is 0. The number of aromatic nitrogens is 5. The number of rotatable bonds is 3. The molecule has 152 valence electrons. The number of hydrogen-bond acceptors (Lipinski definition) is 6. The van der Waals surface area contributed by atoms with E-state index < -0.39 is 11.7 Å². The Labute approximate surface area is 171 Å². The lowest BCUT2D eigenvalue weighted by Gasteiger charge is -2.39. The summed E-state index contributed by atoms with van der Waals surface area (Å²) in [6.45, 7) is 2.71. The second-order valence-corrected chi connectivity index (χ2v) is 8.29. The molecule has 0 radical (unpaired) electrons. The molecule has 29 heavy (non-hydrogen) atoms. The second-order valence-electron chi connectivity index (χ2n) is 7.90. The van der Waals surface area contributed by atoms with Crippen LogP contribution in [0.15, 0.2) is 24.5 Å². The number of fused-ring (bicyclic) bond motifs is 3. The topological polar surface area (TPSA) is 63.0 Å². The monoisotopic (exact) mass is 419 g/mol. The summed E-state index contributed by atoms with van der Waals surface area (Å²) in [7, 11) is 2.13. The van der Waals surface area contributed by atoms with E-state index in [1.807, 2.05) is 0 Å². The van der Waals surface area contributed by atoms with Crippen molar-refractivity contribution in [2.24, 2.45) is 0 Å². The molecule has 2 saturated heterocycles. The number of halogens is 3. The normalized spacial score (nSPS) is 22.6. The molecule has 5 rings (SSSR count). The van der Waals surface area contributed by atoms with Crippen LogP contribution in [0.4, 0.5) is 14.6 Å². The van der Waals surface area contributed by atoms with Crippen molar-refractivity contribution < 1.29 is 8.78 Å². The molecule has 0 aliphatic carbocycles. The van der Waals surface area contributed by atoms with Crippen molar-refractivity contribution >= 4 is 28.3 Å². The molecule has 2 fully saturated rings. The molecule has 2 bridgehead atoms. The maximum Gasteiger partial charge on any atom is 0.303 e. The summed E-state index contributed by atoms with van der Waals surface area (Å²) in [5.74, 6) is -2.61. The Hall–Kier alpha value is -2.39. The molecular weight excluding hydrogens is 400 g/mol. The minimum atomic E-state index is -3.14. The lowest BCUT2D eigenvalue weighted by molar-refractivity contribution is 0.00764. The van der Waals surface area contributed by atoms with Gasteiger partial charge in [-0.05, 0) is 19.9 Å². The Balaban J connectivity index is 1.67. The van der Waals surface area contributed by atoms with E-state index in [1.165, 1.54) is 6.20 Å². The van der Waals surface area contributed by atoms with E-state index in [2.05, 4.69) is 31.8 Å². The Morgan fingerprint density at radius 1 is 1.17 bits per heavy atom. The third kappa shape index (κ3) is 3.12. The number of alkyl halides is 2. The third-order valence-corrected chi connectivity index (χ3v) is 5.88. The highest BCUT2D eigenvalue weighted by Crippen LogP contribution is 2.38. The molecule has 7 nitrogen and oxygen atoms in total. The maximum atomic E-state index is 13.8. The SMILES string of the molecule is CN1CC2CCC(C1)N2c1nn(-c2ccnc(C(C)(F)F)n2)c2cc(Cl)ncc12. The second kappa shape index (κ2) is 6.56. The smallest absolute Gasteiger partial charge is 0.303 e. The van der Waals surface area contributed by atoms with Crippen LogP contribution < -0.4 is 4.90 Å². The summed E-state index contributed by atoms with van der Waals surface area (Å²) in [5.41, 5.74) is 0.683. The van der Waals surface area contributed by atoms with Gasteiger partial charge in [-0.3, -0.25) is 0 Å². The molecule has 2 aliphatic rings. The van der Waals surface area contributed by atoms with Crippen molar-refractivity contribution in [1.29, 1.82) is 0 Å². The zero-order valence-electron chi connectivity index (χ0n) is 16.1. The van der Waals surface area contributed by atoms with Crippen LogP contribution in [0, 0.1) is 0 Å². The van der Waals surface area contributed by atoms with Crippen molar-refractivity contribution in [3.63, 3.8) is 0 Å². The molecule has 10 heteroatoms. The number of likely N-dealkylation sites (tertiary alicyclic amines) is 1. The van der Waals surface area contributed by atoms with Crippen molar-refractivity contribution in [2.75, 3.05) is 25.0 Å². The van der Waals surface area contributed by atoms with Crippen molar-refractivity contribution in [1.82, 2.24) is 29.6 Å². The van der Waals surface area contributed by atoms with Gasteiger partial charge in [0.1, 0.15) is 5.15 Å². The minimum Gasteiger partial charge on any atom is -0.346 e. The fraction of sp³-hybridized carbons (Fsp3) is 0.474. The number of likely N-dealkylation sites (N-methyl/N-ethyl adjacent to an activating group) is 1. The summed E-state index contributed by atoms with van der Waals surface area (Å²) < 4.78 is 29.1. The van der Waals surface area contributed by atoms with E-state index >= 15 is 0 Å². The number of nitrogens with zero attached hydrogens (tertiary/aromatic N) is 7. The van der Waals surface area contributed by atoms with E-state index in [4.69, 9.17) is 16.7 Å². The van der Waals surface area contributed by atoms with Gasteiger partial charge in [-0.1, -0.05) is 11.6 Å². The van der Waals surface area contributed by atoms with Gasteiger partial charge in [-0.25, -0.2) is 19.6 Å². The van der Waals surface area contributed by atoms with Gasteiger partial charge in [0, 0.05) is 56.6 Å². The van der Waals surface area contributed by atoms with Gasteiger partial charge in [0.05, 0.1) is 10.9 Å². The van der Waals surface area contributed by atoms with Crippen LogP contribution in [0.25, 0.3) is 16.7 Å². The summed E-state index contributed by atoms with van der Waals surface area (Å²) in [6, 6.07) is 3.99. The first-order chi connectivity index (χ1) is 13.8. The molecule has 0 amide bonds. The zero-order valence-corrected chi connectivity index (χ0v) is 16.8. The molecule has 0 saturated carbocycles. The molecule has 2 unspecified atom stereocenters. The lowest BCUT2D eigenvalue weighted by atomic mass is 10.2. The zero-order chi connectivity index (χ0) is 20.3. The van der Waals surface area contributed by atoms with Crippen LogP contribution in [0.2, 0.25) is 5.15 Å². The highest BCUT2D eigenvalue weighted by Gasteiger charge is 2.41. The van der Waals surface area contributed by atoms with Crippen LogP contribution in [-0.4, -0.2) is 61.9 Å². The predicted molar refractivity (Wildman–Crippen MR) is 106 cm³/mol. The summed E-state index contributed by atoms with van der Waals surface area (Å²) in [4.78, 5) is 16.7. The molecule has 3 aromatic rings. The van der Waals surface area contributed by atoms with Crippen molar-refractivity contribution in [3.8, 4) is 5.82 Å². The quantitative estimate of drug-likeness (QED) is 0.607. The van der Waals surface area contributed by atoms with Crippen LogP contribution in [0.5, 0.6) is 0 Å². The average Bonchev–Trinajstić information content (AvgIpc) is 3.15. The molecule has 0 aromatic carbocycles. The maximum absolute atomic E-state index is 13.8. The Morgan fingerprint density at radius 2 is 1.90 bits per heavy atom. The first kappa shape index (κ1) is 18.6. The van der Waals surface area contributed by atoms with Gasteiger partial charge in [-0.15, -0.1) is 5.10 Å². The Morgan fingerprint density at radius 3 is 2.59 bits per heavy atom. The van der Waals surface area contributed by atoms with Gasteiger partial charge in [0.25, 0.3) is 0 Å². The number of anilines is 1. The minimum absolute atomic E-state index is 0.275. The lowest BCUT2D eigenvalue weighted by Crippen LogP contribution is -2.52. The number of pyridine rings is 1. The van der Waals surface area contributed by atoms with E-state index in [0.717, 1.165) is 44.1 Å². The van der Waals surface area contributed by atoms with E-state index in [1.54, 1.807) is 23.0 Å². The van der Waals surface area contributed by atoms with Crippen molar-refractivity contribution in [3.05, 3.63) is 35.5 Å². The molecule has 3 aromatic heterocycles. The largest absolute Gasteiger partial charge is 0.346 e. The number of piperazine rings is 1. The molecule has 2 atom stereocenters. The van der Waals surface area contributed by atoms with E-state index in [-0.39, 0.29) is 5.82 Å². The first-order valence-corrected chi connectivity index (χ1v) is 9.92. The Kier molecular flexibility index (Phi) is 4.22. The van der Waals surface area contributed by atoms with E-state index in [0.29, 0.717) is 22.8 Å². The van der Waals surface area contributed by atoms with E-state index in [9.17, 15) is 8.78 Å². The predicted octanol–water partition coefficient (Wildman–Crippen LogP) is 3.26. The van der Waals surface area contributed by atoms with Gasteiger partial charge in [-0.2, -0.15) is 8.78 Å². The van der Waals surface area contributed by atoms with Gasteiger partial charge in [0.15, 0.2) is 11.6 Å². The van der Waals surface area contributed by atoms with Gasteiger partial charge in [0.2, 0.25) is 5.82 Å².